The van der Waals surface area contributed by atoms with Gasteiger partial charge in [-0.25, -0.2) is 0 Å². The van der Waals surface area contributed by atoms with Crippen LogP contribution in [0.2, 0.25) is 0 Å². The SMILES string of the molecule is CCN(Cc1ccc(Br)s1)C(=O)CN(C)CC1CC(O)C1. The van der Waals surface area contributed by atoms with Gasteiger partial charge < -0.3 is 10.0 Å². The van der Waals surface area contributed by atoms with Crippen LogP contribution >= 0.6 is 27.3 Å². The Balaban J connectivity index is 1.79. The van der Waals surface area contributed by atoms with Gasteiger partial charge in [0.15, 0.2) is 0 Å². The summed E-state index contributed by atoms with van der Waals surface area (Å²) in [6, 6.07) is 4.08. The zero-order valence-corrected chi connectivity index (χ0v) is 15.0. The lowest BCUT2D eigenvalue weighted by Gasteiger charge is -2.34. The fourth-order valence-corrected chi connectivity index (χ4v) is 4.19. The van der Waals surface area contributed by atoms with Crippen molar-refractivity contribution in [2.24, 2.45) is 5.92 Å². The summed E-state index contributed by atoms with van der Waals surface area (Å²) in [4.78, 5) is 17.5. The monoisotopic (exact) mass is 374 g/mol. The van der Waals surface area contributed by atoms with E-state index in [9.17, 15) is 9.90 Å². The van der Waals surface area contributed by atoms with Gasteiger partial charge in [0.05, 0.1) is 23.0 Å². The van der Waals surface area contributed by atoms with Gasteiger partial charge in [0.25, 0.3) is 0 Å². The van der Waals surface area contributed by atoms with Crippen molar-refractivity contribution in [3.8, 4) is 0 Å². The van der Waals surface area contributed by atoms with Crippen LogP contribution in [-0.2, 0) is 11.3 Å². The first-order valence-corrected chi connectivity index (χ1v) is 8.97. The summed E-state index contributed by atoms with van der Waals surface area (Å²) in [5.41, 5.74) is 0. The number of carbonyl (C=O) groups excluding carboxylic acids is 1. The number of likely N-dealkylation sites (N-methyl/N-ethyl adjacent to an activating group) is 2. The molecule has 1 aromatic heterocycles. The number of thiophene rings is 1. The molecule has 0 spiro atoms. The lowest BCUT2D eigenvalue weighted by Crippen LogP contribution is -2.42. The van der Waals surface area contributed by atoms with E-state index in [-0.39, 0.29) is 12.0 Å². The number of carbonyl (C=O) groups is 1. The summed E-state index contributed by atoms with van der Waals surface area (Å²) >= 11 is 5.13. The van der Waals surface area contributed by atoms with Crippen molar-refractivity contribution in [3.63, 3.8) is 0 Å². The highest BCUT2D eigenvalue weighted by atomic mass is 79.9. The van der Waals surface area contributed by atoms with E-state index >= 15 is 0 Å². The smallest absolute Gasteiger partial charge is 0.237 e. The zero-order valence-electron chi connectivity index (χ0n) is 12.6. The molecule has 1 amide bonds. The summed E-state index contributed by atoms with van der Waals surface area (Å²) in [6.07, 6.45) is 1.63. The van der Waals surface area contributed by atoms with E-state index in [4.69, 9.17) is 0 Å². The Labute approximate surface area is 138 Å². The Morgan fingerprint density at radius 3 is 2.71 bits per heavy atom. The van der Waals surface area contributed by atoms with Crippen LogP contribution in [0.25, 0.3) is 0 Å². The normalized spacial score (nSPS) is 21.4. The van der Waals surface area contributed by atoms with Crippen LogP contribution < -0.4 is 0 Å². The number of rotatable bonds is 7. The number of hydrogen-bond acceptors (Lipinski definition) is 4. The third kappa shape index (κ3) is 5.06. The first-order chi connectivity index (χ1) is 9.97. The first-order valence-electron chi connectivity index (χ1n) is 7.36. The molecule has 1 saturated carbocycles. The Kier molecular flexibility index (Phi) is 6.22. The molecule has 118 valence electrons. The fourth-order valence-electron chi connectivity index (χ4n) is 2.69. The molecular weight excluding hydrogens is 352 g/mol. The van der Waals surface area contributed by atoms with Crippen LogP contribution in [0.15, 0.2) is 15.9 Å². The molecule has 1 aliphatic carbocycles. The highest BCUT2D eigenvalue weighted by Gasteiger charge is 2.28. The van der Waals surface area contributed by atoms with Crippen molar-refractivity contribution in [2.75, 3.05) is 26.7 Å². The minimum atomic E-state index is -0.122. The number of halogens is 1. The minimum absolute atomic E-state index is 0.122. The summed E-state index contributed by atoms with van der Waals surface area (Å²) < 4.78 is 1.10. The highest BCUT2D eigenvalue weighted by Crippen LogP contribution is 2.27. The molecule has 1 aromatic rings. The molecule has 0 bridgehead atoms. The Bertz CT molecular complexity index is 474. The Morgan fingerprint density at radius 1 is 1.48 bits per heavy atom. The summed E-state index contributed by atoms with van der Waals surface area (Å²) in [7, 11) is 1.98. The number of nitrogens with zero attached hydrogens (tertiary/aromatic N) is 2. The standard InChI is InChI=1S/C15H23BrN2O2S/c1-3-18(9-13-4-5-14(16)21-13)15(20)10-17(2)8-11-6-12(19)7-11/h4-5,11-12,19H,3,6-10H2,1-2H3. The topological polar surface area (TPSA) is 43.8 Å². The minimum Gasteiger partial charge on any atom is -0.393 e. The maximum Gasteiger partial charge on any atom is 0.237 e. The summed E-state index contributed by atoms with van der Waals surface area (Å²) in [5.74, 6) is 0.713. The van der Waals surface area contributed by atoms with Crippen molar-refractivity contribution in [1.29, 1.82) is 0 Å². The maximum absolute atomic E-state index is 12.4. The first kappa shape index (κ1) is 16.9. The largest absolute Gasteiger partial charge is 0.393 e. The van der Waals surface area contributed by atoms with E-state index in [0.717, 1.165) is 29.7 Å². The molecular formula is C15H23BrN2O2S. The average Bonchev–Trinajstić information content (AvgIpc) is 2.79. The molecule has 0 unspecified atom stereocenters. The molecule has 1 N–H and O–H groups in total. The van der Waals surface area contributed by atoms with E-state index in [1.807, 2.05) is 24.9 Å². The van der Waals surface area contributed by atoms with Crippen LogP contribution in [0, 0.1) is 5.92 Å². The molecule has 0 aromatic carbocycles. The van der Waals surface area contributed by atoms with Crippen LogP contribution in [-0.4, -0.2) is 53.6 Å². The summed E-state index contributed by atoms with van der Waals surface area (Å²) in [5, 5.41) is 9.31. The maximum atomic E-state index is 12.4. The molecule has 0 aliphatic heterocycles. The fraction of sp³-hybridized carbons (Fsp3) is 0.667. The van der Waals surface area contributed by atoms with Gasteiger partial charge in [-0.1, -0.05) is 0 Å². The molecule has 21 heavy (non-hydrogen) atoms. The van der Waals surface area contributed by atoms with E-state index in [0.29, 0.717) is 19.0 Å². The van der Waals surface area contributed by atoms with E-state index in [1.54, 1.807) is 11.3 Å². The van der Waals surface area contributed by atoms with Gasteiger partial charge in [-0.2, -0.15) is 0 Å². The van der Waals surface area contributed by atoms with Gasteiger partial charge in [0.2, 0.25) is 5.91 Å². The van der Waals surface area contributed by atoms with Gasteiger partial charge in [-0.15, -0.1) is 11.3 Å². The Morgan fingerprint density at radius 2 is 2.19 bits per heavy atom. The third-order valence-corrected chi connectivity index (χ3v) is 5.50. The van der Waals surface area contributed by atoms with E-state index < -0.39 is 0 Å². The molecule has 1 aliphatic rings. The Hall–Kier alpha value is -0.430. The van der Waals surface area contributed by atoms with Gasteiger partial charge in [-0.3, -0.25) is 9.69 Å². The lowest BCUT2D eigenvalue weighted by molar-refractivity contribution is -0.132. The number of aliphatic hydroxyl groups is 1. The molecule has 0 saturated heterocycles. The second-order valence-electron chi connectivity index (χ2n) is 5.80. The lowest BCUT2D eigenvalue weighted by atomic mass is 9.82. The van der Waals surface area contributed by atoms with Crippen LogP contribution in [0.4, 0.5) is 0 Å². The van der Waals surface area contributed by atoms with Crippen LogP contribution in [0.5, 0.6) is 0 Å². The number of aliphatic hydroxyl groups excluding tert-OH is 1. The van der Waals surface area contributed by atoms with Gasteiger partial charge in [0, 0.05) is 18.0 Å². The number of hydrogen-bond donors (Lipinski definition) is 1. The molecule has 4 nitrogen and oxygen atoms in total. The van der Waals surface area contributed by atoms with E-state index in [1.165, 1.54) is 4.88 Å². The van der Waals surface area contributed by atoms with Crippen molar-refractivity contribution in [1.82, 2.24) is 9.80 Å². The molecule has 1 heterocycles. The highest BCUT2D eigenvalue weighted by molar-refractivity contribution is 9.11. The van der Waals surface area contributed by atoms with Gasteiger partial charge >= 0.3 is 0 Å². The quantitative estimate of drug-likeness (QED) is 0.797. The predicted molar refractivity (Wildman–Crippen MR) is 89.3 cm³/mol. The average molecular weight is 375 g/mol. The summed E-state index contributed by atoms with van der Waals surface area (Å²) in [6.45, 7) is 4.77. The number of amides is 1. The molecule has 1 fully saturated rings. The third-order valence-electron chi connectivity index (χ3n) is 3.90. The van der Waals surface area contributed by atoms with E-state index in [2.05, 4.69) is 26.9 Å². The van der Waals surface area contributed by atoms with Crippen molar-refractivity contribution >= 4 is 33.2 Å². The van der Waals surface area contributed by atoms with Crippen LogP contribution in [0.3, 0.4) is 0 Å². The molecule has 2 rings (SSSR count). The van der Waals surface area contributed by atoms with Crippen LogP contribution in [0.1, 0.15) is 24.6 Å². The van der Waals surface area contributed by atoms with Gasteiger partial charge in [-0.05, 0) is 60.8 Å². The second-order valence-corrected chi connectivity index (χ2v) is 8.35. The predicted octanol–water partition coefficient (Wildman–Crippen LogP) is 2.56. The van der Waals surface area contributed by atoms with Crippen molar-refractivity contribution < 1.29 is 9.90 Å². The second kappa shape index (κ2) is 7.72. The van der Waals surface area contributed by atoms with Crippen molar-refractivity contribution in [3.05, 3.63) is 20.8 Å². The zero-order chi connectivity index (χ0) is 15.4. The van der Waals surface area contributed by atoms with Crippen molar-refractivity contribution in [2.45, 2.75) is 32.4 Å². The molecule has 0 radical (unpaired) electrons. The molecule has 6 heteroatoms. The molecule has 0 atom stereocenters. The van der Waals surface area contributed by atoms with Gasteiger partial charge in [0.1, 0.15) is 0 Å².